The standard InChI is InChI=1S/C5H6BClN2O2/c7-5-4(8)3(6(10)11)1-2-9-5/h1-2,10-11H,8H2. The van der Waals surface area contributed by atoms with E-state index in [1.807, 2.05) is 0 Å². The minimum absolute atomic E-state index is 0.0793. The van der Waals surface area contributed by atoms with Crippen LogP contribution in [0.2, 0.25) is 5.15 Å². The molecule has 0 bridgehead atoms. The van der Waals surface area contributed by atoms with Crippen molar-refractivity contribution >= 4 is 29.9 Å². The first-order valence-electron chi connectivity index (χ1n) is 2.89. The summed E-state index contributed by atoms with van der Waals surface area (Å²) in [6, 6.07) is 1.39. The largest absolute Gasteiger partial charge is 0.490 e. The van der Waals surface area contributed by atoms with Crippen LogP contribution in [0.4, 0.5) is 5.69 Å². The Balaban J connectivity index is 3.17. The van der Waals surface area contributed by atoms with Crippen molar-refractivity contribution in [2.24, 2.45) is 0 Å². The summed E-state index contributed by atoms with van der Waals surface area (Å²) in [5, 5.41) is 17.5. The van der Waals surface area contributed by atoms with Crippen LogP contribution >= 0.6 is 11.6 Å². The van der Waals surface area contributed by atoms with Gasteiger partial charge < -0.3 is 15.8 Å². The van der Waals surface area contributed by atoms with Crippen molar-refractivity contribution in [2.45, 2.75) is 0 Å². The smallest absolute Gasteiger partial charge is 0.423 e. The summed E-state index contributed by atoms with van der Waals surface area (Å²) >= 11 is 5.50. The van der Waals surface area contributed by atoms with Crippen molar-refractivity contribution in [3.8, 4) is 0 Å². The molecule has 0 fully saturated rings. The summed E-state index contributed by atoms with van der Waals surface area (Å²) in [5.41, 5.74) is 5.64. The number of aromatic nitrogens is 1. The average Bonchev–Trinajstić information content (AvgIpc) is 1.94. The van der Waals surface area contributed by atoms with E-state index in [0.717, 1.165) is 0 Å². The summed E-state index contributed by atoms with van der Waals surface area (Å²) < 4.78 is 0. The van der Waals surface area contributed by atoms with Crippen LogP contribution in [0.5, 0.6) is 0 Å². The van der Waals surface area contributed by atoms with Gasteiger partial charge in [0.05, 0.1) is 5.69 Å². The molecule has 0 aromatic carbocycles. The minimum atomic E-state index is -1.60. The van der Waals surface area contributed by atoms with Crippen LogP contribution in [0.15, 0.2) is 12.3 Å². The highest BCUT2D eigenvalue weighted by atomic mass is 35.5. The molecule has 1 heterocycles. The summed E-state index contributed by atoms with van der Waals surface area (Å²) in [6.45, 7) is 0. The molecule has 4 nitrogen and oxygen atoms in total. The maximum absolute atomic E-state index is 8.72. The van der Waals surface area contributed by atoms with Crippen molar-refractivity contribution in [2.75, 3.05) is 5.73 Å². The van der Waals surface area contributed by atoms with Gasteiger partial charge in [-0.05, 0) is 6.07 Å². The molecule has 0 saturated heterocycles. The number of nitrogens with two attached hydrogens (primary N) is 1. The van der Waals surface area contributed by atoms with Gasteiger partial charge in [0.25, 0.3) is 0 Å². The maximum Gasteiger partial charge on any atom is 0.490 e. The Labute approximate surface area is 68.8 Å². The molecule has 11 heavy (non-hydrogen) atoms. The van der Waals surface area contributed by atoms with Gasteiger partial charge in [-0.25, -0.2) is 4.98 Å². The van der Waals surface area contributed by atoms with Crippen molar-refractivity contribution in [3.63, 3.8) is 0 Å². The molecule has 0 saturated carbocycles. The molecular formula is C5H6BClN2O2. The Morgan fingerprint density at radius 2 is 2.18 bits per heavy atom. The van der Waals surface area contributed by atoms with Crippen LogP contribution in [0.3, 0.4) is 0 Å². The van der Waals surface area contributed by atoms with Crippen LogP contribution in [0.1, 0.15) is 0 Å². The van der Waals surface area contributed by atoms with Crippen LogP contribution in [0.25, 0.3) is 0 Å². The van der Waals surface area contributed by atoms with Crippen LogP contribution in [-0.2, 0) is 0 Å². The van der Waals surface area contributed by atoms with E-state index in [4.69, 9.17) is 27.4 Å². The van der Waals surface area contributed by atoms with Crippen LogP contribution in [0, 0.1) is 0 Å². The van der Waals surface area contributed by atoms with E-state index < -0.39 is 7.12 Å². The fraction of sp³-hybridized carbons (Fsp3) is 0. The number of pyridine rings is 1. The Hall–Kier alpha value is -0.775. The highest BCUT2D eigenvalue weighted by Gasteiger charge is 2.15. The van der Waals surface area contributed by atoms with E-state index >= 15 is 0 Å². The normalized spacial score (nSPS) is 9.73. The van der Waals surface area contributed by atoms with Gasteiger partial charge in [-0.1, -0.05) is 11.6 Å². The Morgan fingerprint density at radius 1 is 1.55 bits per heavy atom. The predicted molar refractivity (Wildman–Crippen MR) is 43.5 cm³/mol. The van der Waals surface area contributed by atoms with Gasteiger partial charge in [-0.15, -0.1) is 0 Å². The number of nitrogen functional groups attached to an aromatic ring is 1. The SMILES string of the molecule is Nc1c(B(O)O)ccnc1Cl. The first-order chi connectivity index (χ1) is 5.13. The highest BCUT2D eigenvalue weighted by molar-refractivity contribution is 6.61. The zero-order valence-corrected chi connectivity index (χ0v) is 6.28. The van der Waals surface area contributed by atoms with Gasteiger partial charge in [-0.3, -0.25) is 0 Å². The molecule has 0 aliphatic heterocycles. The van der Waals surface area contributed by atoms with Crippen molar-refractivity contribution < 1.29 is 10.0 Å². The van der Waals surface area contributed by atoms with Crippen molar-refractivity contribution in [1.29, 1.82) is 0 Å². The second-order valence-electron chi connectivity index (χ2n) is 1.98. The quantitative estimate of drug-likeness (QED) is 0.375. The molecule has 0 amide bonds. The average molecular weight is 172 g/mol. The topological polar surface area (TPSA) is 79.4 Å². The zero-order chi connectivity index (χ0) is 8.43. The fourth-order valence-electron chi connectivity index (χ4n) is 0.687. The van der Waals surface area contributed by atoms with Gasteiger partial charge in [0, 0.05) is 11.7 Å². The molecular weight excluding hydrogens is 166 g/mol. The van der Waals surface area contributed by atoms with Gasteiger partial charge in [-0.2, -0.15) is 0 Å². The Morgan fingerprint density at radius 3 is 2.64 bits per heavy atom. The number of halogens is 1. The first-order valence-corrected chi connectivity index (χ1v) is 3.26. The van der Waals surface area contributed by atoms with E-state index in [0.29, 0.717) is 0 Å². The lowest BCUT2D eigenvalue weighted by Gasteiger charge is -2.03. The maximum atomic E-state index is 8.72. The molecule has 1 aromatic rings. The predicted octanol–water partition coefficient (Wildman–Crippen LogP) is -1.00. The molecule has 6 heteroatoms. The molecule has 4 N–H and O–H groups in total. The summed E-state index contributed by atoms with van der Waals surface area (Å²) in [4.78, 5) is 3.64. The molecule has 0 unspecified atom stereocenters. The lowest BCUT2D eigenvalue weighted by Crippen LogP contribution is -2.32. The summed E-state index contributed by atoms with van der Waals surface area (Å²) in [7, 11) is -1.60. The van der Waals surface area contributed by atoms with Crippen LogP contribution in [-0.4, -0.2) is 22.2 Å². The number of rotatable bonds is 1. The van der Waals surface area contributed by atoms with E-state index in [-0.39, 0.29) is 16.3 Å². The lowest BCUT2D eigenvalue weighted by atomic mass is 9.80. The zero-order valence-electron chi connectivity index (χ0n) is 5.53. The second-order valence-corrected chi connectivity index (χ2v) is 2.34. The Kier molecular flexibility index (Phi) is 2.33. The van der Waals surface area contributed by atoms with E-state index in [1.165, 1.54) is 12.3 Å². The van der Waals surface area contributed by atoms with Gasteiger partial charge in [0.1, 0.15) is 0 Å². The van der Waals surface area contributed by atoms with Crippen molar-refractivity contribution in [3.05, 3.63) is 17.4 Å². The molecule has 1 rings (SSSR count). The van der Waals surface area contributed by atoms with Crippen molar-refractivity contribution in [1.82, 2.24) is 4.98 Å². The molecule has 1 aromatic heterocycles. The highest BCUT2D eigenvalue weighted by Crippen LogP contribution is 2.10. The first kappa shape index (κ1) is 8.32. The molecule has 0 radical (unpaired) electrons. The Bertz CT molecular complexity index is 269. The molecule has 0 atom stereocenters. The van der Waals surface area contributed by atoms with Gasteiger partial charge in [0.2, 0.25) is 0 Å². The number of nitrogens with zero attached hydrogens (tertiary/aromatic N) is 1. The van der Waals surface area contributed by atoms with Gasteiger partial charge >= 0.3 is 7.12 Å². The van der Waals surface area contributed by atoms with E-state index in [1.54, 1.807) is 0 Å². The lowest BCUT2D eigenvalue weighted by molar-refractivity contribution is 0.426. The summed E-state index contributed by atoms with van der Waals surface area (Å²) in [5.74, 6) is 0. The van der Waals surface area contributed by atoms with Gasteiger partial charge in [0.15, 0.2) is 5.15 Å². The molecule has 58 valence electrons. The van der Waals surface area contributed by atoms with E-state index in [2.05, 4.69) is 4.98 Å². The summed E-state index contributed by atoms with van der Waals surface area (Å²) in [6.07, 6.45) is 1.35. The second kappa shape index (κ2) is 3.08. The fourth-order valence-corrected chi connectivity index (χ4v) is 0.852. The molecule has 0 spiro atoms. The number of anilines is 1. The molecule has 0 aliphatic rings. The molecule has 0 aliphatic carbocycles. The van der Waals surface area contributed by atoms with E-state index in [9.17, 15) is 0 Å². The number of hydrogen-bond acceptors (Lipinski definition) is 4. The number of hydrogen-bond donors (Lipinski definition) is 3. The third-order valence-corrected chi connectivity index (χ3v) is 1.55. The third kappa shape index (κ3) is 1.62. The monoisotopic (exact) mass is 172 g/mol. The third-order valence-electron chi connectivity index (χ3n) is 1.25. The van der Waals surface area contributed by atoms with Crippen LogP contribution < -0.4 is 11.2 Å². The minimum Gasteiger partial charge on any atom is -0.423 e.